The van der Waals surface area contributed by atoms with E-state index >= 15 is 0 Å². The maximum Gasteiger partial charge on any atom is 0.246 e. The fourth-order valence-electron chi connectivity index (χ4n) is 1.11. The number of halogens is 1. The maximum atomic E-state index is 5.67. The van der Waals surface area contributed by atoms with Gasteiger partial charge < -0.3 is 4.74 Å². The summed E-state index contributed by atoms with van der Waals surface area (Å²) in [5.41, 5.74) is 1.30. The molecule has 0 fully saturated rings. The van der Waals surface area contributed by atoms with Gasteiger partial charge in [-0.1, -0.05) is 0 Å². The number of ether oxygens (including phenoxy) is 1. The monoisotopic (exact) mass is 198 g/mol. The van der Waals surface area contributed by atoms with Gasteiger partial charge in [-0.25, -0.2) is 4.98 Å². The van der Waals surface area contributed by atoms with Crippen molar-refractivity contribution >= 4 is 22.6 Å². The first-order chi connectivity index (χ1) is 6.20. The molecule has 2 heterocycles. The molecule has 13 heavy (non-hydrogen) atoms. The van der Waals surface area contributed by atoms with Gasteiger partial charge >= 0.3 is 0 Å². The van der Waals surface area contributed by atoms with Gasteiger partial charge in [0.2, 0.25) is 11.2 Å². The van der Waals surface area contributed by atoms with E-state index in [4.69, 9.17) is 16.3 Å². The van der Waals surface area contributed by atoms with Crippen molar-refractivity contribution < 1.29 is 4.74 Å². The van der Waals surface area contributed by atoms with E-state index in [1.165, 1.54) is 7.11 Å². The predicted octanol–water partition coefficient (Wildman–Crippen LogP) is 1.03. The molecule has 0 amide bonds. The lowest BCUT2D eigenvalue weighted by molar-refractivity contribution is 0.401. The molecule has 0 bridgehead atoms. The van der Waals surface area contributed by atoms with Gasteiger partial charge in [0.15, 0.2) is 5.52 Å². The molecule has 2 aromatic rings. The fraction of sp³-hybridized carbons (Fsp3) is 0.286. The van der Waals surface area contributed by atoms with Gasteiger partial charge in [0, 0.05) is 7.05 Å². The van der Waals surface area contributed by atoms with Crippen LogP contribution in [-0.4, -0.2) is 26.9 Å². The highest BCUT2D eigenvalue weighted by Gasteiger charge is 2.09. The zero-order chi connectivity index (χ0) is 9.42. The van der Waals surface area contributed by atoms with Crippen LogP contribution in [0.15, 0.2) is 6.20 Å². The topological polar surface area (TPSA) is 52.8 Å². The molecule has 2 rings (SSSR count). The van der Waals surface area contributed by atoms with Gasteiger partial charge in [0.05, 0.1) is 13.3 Å². The Balaban J connectivity index is 2.80. The Morgan fingerprint density at radius 2 is 2.23 bits per heavy atom. The highest BCUT2D eigenvalue weighted by Crippen LogP contribution is 2.21. The van der Waals surface area contributed by atoms with Crippen molar-refractivity contribution in [2.24, 2.45) is 7.05 Å². The van der Waals surface area contributed by atoms with Gasteiger partial charge in [0.25, 0.3) is 0 Å². The van der Waals surface area contributed by atoms with E-state index in [2.05, 4.69) is 15.1 Å². The Hall–Kier alpha value is -1.36. The number of aryl methyl sites for hydroxylation is 1. The molecule has 0 atom stereocenters. The van der Waals surface area contributed by atoms with E-state index < -0.39 is 0 Å². The first kappa shape index (κ1) is 8.25. The maximum absolute atomic E-state index is 5.67. The van der Waals surface area contributed by atoms with E-state index in [0.29, 0.717) is 16.9 Å². The van der Waals surface area contributed by atoms with Gasteiger partial charge in [-0.05, 0) is 11.6 Å². The summed E-state index contributed by atoms with van der Waals surface area (Å²) in [4.78, 5) is 7.89. The number of methoxy groups -OCH3 is 1. The molecule has 0 saturated carbocycles. The lowest BCUT2D eigenvalue weighted by atomic mass is 10.5. The number of hydrogen-bond donors (Lipinski definition) is 0. The van der Waals surface area contributed by atoms with Gasteiger partial charge in [-0.15, -0.1) is 0 Å². The SMILES string of the molecule is COc1nc(Cl)nc2cn(C)nc12. The van der Waals surface area contributed by atoms with Crippen molar-refractivity contribution in [2.45, 2.75) is 0 Å². The Bertz CT molecular complexity index is 453. The second-order valence-electron chi connectivity index (χ2n) is 2.54. The zero-order valence-electron chi connectivity index (χ0n) is 7.15. The molecule has 0 aromatic carbocycles. The summed E-state index contributed by atoms with van der Waals surface area (Å²) in [6.45, 7) is 0. The van der Waals surface area contributed by atoms with Crippen LogP contribution in [0.5, 0.6) is 5.88 Å². The van der Waals surface area contributed by atoms with E-state index in [-0.39, 0.29) is 5.28 Å². The molecule has 2 aromatic heterocycles. The Labute approximate surface area is 79.3 Å². The summed E-state index contributed by atoms with van der Waals surface area (Å²) in [7, 11) is 3.32. The van der Waals surface area contributed by atoms with Crippen LogP contribution in [0.1, 0.15) is 0 Å². The summed E-state index contributed by atoms with van der Waals surface area (Å²) < 4.78 is 6.65. The highest BCUT2D eigenvalue weighted by atomic mass is 35.5. The van der Waals surface area contributed by atoms with Crippen LogP contribution < -0.4 is 4.74 Å². The molecule has 0 aliphatic rings. The molecular formula is C7H7ClN4O. The molecule has 0 N–H and O–H groups in total. The average Bonchev–Trinajstić information content (AvgIpc) is 2.43. The van der Waals surface area contributed by atoms with Crippen LogP contribution in [0.25, 0.3) is 11.0 Å². The molecule has 0 aliphatic carbocycles. The highest BCUT2D eigenvalue weighted by molar-refractivity contribution is 6.28. The van der Waals surface area contributed by atoms with Crippen LogP contribution in [-0.2, 0) is 7.05 Å². The number of nitrogens with zero attached hydrogens (tertiary/aromatic N) is 4. The number of aromatic nitrogens is 4. The third-order valence-corrected chi connectivity index (χ3v) is 1.78. The lowest BCUT2D eigenvalue weighted by Crippen LogP contribution is -1.92. The molecule has 0 aliphatic heterocycles. The zero-order valence-corrected chi connectivity index (χ0v) is 7.91. The lowest BCUT2D eigenvalue weighted by Gasteiger charge is -1.97. The Morgan fingerprint density at radius 1 is 1.46 bits per heavy atom. The summed E-state index contributed by atoms with van der Waals surface area (Å²) in [6, 6.07) is 0. The summed E-state index contributed by atoms with van der Waals surface area (Å²) >= 11 is 5.67. The van der Waals surface area contributed by atoms with Crippen LogP contribution in [0.4, 0.5) is 0 Å². The van der Waals surface area contributed by atoms with Crippen molar-refractivity contribution in [1.29, 1.82) is 0 Å². The largest absolute Gasteiger partial charge is 0.479 e. The minimum Gasteiger partial charge on any atom is -0.479 e. The first-order valence-corrected chi connectivity index (χ1v) is 3.99. The smallest absolute Gasteiger partial charge is 0.246 e. The molecular weight excluding hydrogens is 192 g/mol. The summed E-state index contributed by atoms with van der Waals surface area (Å²) in [5.74, 6) is 0.399. The van der Waals surface area contributed by atoms with Crippen molar-refractivity contribution in [1.82, 2.24) is 19.7 Å². The van der Waals surface area contributed by atoms with E-state index in [1.807, 2.05) is 0 Å². The molecule has 6 heteroatoms. The third-order valence-electron chi connectivity index (χ3n) is 1.61. The fourth-order valence-corrected chi connectivity index (χ4v) is 1.28. The molecule has 0 radical (unpaired) electrons. The van der Waals surface area contributed by atoms with Gasteiger partial charge in [-0.3, -0.25) is 4.68 Å². The summed E-state index contributed by atoms with van der Waals surface area (Å²) in [5, 5.41) is 4.30. The van der Waals surface area contributed by atoms with Crippen molar-refractivity contribution in [2.75, 3.05) is 7.11 Å². The molecule has 68 valence electrons. The molecule has 0 saturated heterocycles. The minimum atomic E-state index is 0.164. The van der Waals surface area contributed by atoms with Gasteiger partial charge in [0.1, 0.15) is 5.52 Å². The number of fused-ring (bicyclic) bond motifs is 1. The quantitative estimate of drug-likeness (QED) is 0.643. The minimum absolute atomic E-state index is 0.164. The molecule has 0 unspecified atom stereocenters. The average molecular weight is 199 g/mol. The second-order valence-corrected chi connectivity index (χ2v) is 2.88. The van der Waals surface area contributed by atoms with Gasteiger partial charge in [-0.2, -0.15) is 10.1 Å². The first-order valence-electron chi connectivity index (χ1n) is 3.61. The van der Waals surface area contributed by atoms with E-state index in [0.717, 1.165) is 0 Å². The van der Waals surface area contributed by atoms with Crippen molar-refractivity contribution in [3.8, 4) is 5.88 Å². The van der Waals surface area contributed by atoms with Crippen LogP contribution in [0.2, 0.25) is 5.28 Å². The van der Waals surface area contributed by atoms with Crippen LogP contribution in [0, 0.1) is 0 Å². The summed E-state index contributed by atoms with van der Waals surface area (Å²) in [6.07, 6.45) is 1.76. The second kappa shape index (κ2) is 2.85. The van der Waals surface area contributed by atoms with Crippen molar-refractivity contribution in [3.63, 3.8) is 0 Å². The third kappa shape index (κ3) is 1.31. The van der Waals surface area contributed by atoms with E-state index in [9.17, 15) is 0 Å². The Kier molecular flexibility index (Phi) is 1.81. The number of rotatable bonds is 1. The Morgan fingerprint density at radius 3 is 2.92 bits per heavy atom. The number of hydrogen-bond acceptors (Lipinski definition) is 4. The van der Waals surface area contributed by atoms with E-state index in [1.54, 1.807) is 17.9 Å². The standard InChI is InChI=1S/C7H7ClN4O/c1-12-3-4-5(11-12)6(13-2)10-7(8)9-4/h3H,1-2H3. The normalized spacial score (nSPS) is 10.7. The van der Waals surface area contributed by atoms with Crippen LogP contribution in [0.3, 0.4) is 0 Å². The molecule has 0 spiro atoms. The molecule has 5 nitrogen and oxygen atoms in total. The predicted molar refractivity (Wildman–Crippen MR) is 47.9 cm³/mol. The van der Waals surface area contributed by atoms with Crippen LogP contribution >= 0.6 is 11.6 Å². The van der Waals surface area contributed by atoms with Crippen molar-refractivity contribution in [3.05, 3.63) is 11.5 Å².